The first-order chi connectivity index (χ1) is 14.1. The molecule has 1 heterocycles. The Hall–Kier alpha value is -2.45. The number of nitrogens with one attached hydrogen (secondary N) is 1. The molecule has 0 aliphatic carbocycles. The van der Waals surface area contributed by atoms with Gasteiger partial charge >= 0.3 is 0 Å². The molecule has 0 amide bonds. The second-order valence-corrected chi connectivity index (χ2v) is 7.61. The Balaban J connectivity index is 1.77. The van der Waals surface area contributed by atoms with Gasteiger partial charge in [-0.25, -0.2) is 0 Å². The first-order valence-corrected chi connectivity index (χ1v) is 10.7. The molecule has 6 nitrogen and oxygen atoms in total. The van der Waals surface area contributed by atoms with Crippen LogP contribution in [0.5, 0.6) is 11.5 Å². The van der Waals surface area contributed by atoms with Gasteiger partial charge < -0.3 is 9.47 Å². The van der Waals surface area contributed by atoms with Gasteiger partial charge in [0, 0.05) is 10.9 Å². The zero-order valence-corrected chi connectivity index (χ0v) is 18.8. The van der Waals surface area contributed by atoms with Gasteiger partial charge in [0.2, 0.25) is 4.77 Å². The molecule has 0 atom stereocenters. The molecule has 0 aliphatic rings. The molecule has 2 aromatic carbocycles. The van der Waals surface area contributed by atoms with E-state index in [-0.39, 0.29) is 0 Å². The van der Waals surface area contributed by atoms with Crippen molar-refractivity contribution in [2.45, 2.75) is 33.3 Å². The average Bonchev–Trinajstić information content (AvgIpc) is 3.07. The summed E-state index contributed by atoms with van der Waals surface area (Å²) in [5, 5.41) is 11.5. The lowest BCUT2D eigenvalue weighted by molar-refractivity contribution is 0.269. The molecule has 0 saturated heterocycles. The van der Waals surface area contributed by atoms with Crippen molar-refractivity contribution in [3.63, 3.8) is 0 Å². The Morgan fingerprint density at radius 2 is 1.93 bits per heavy atom. The van der Waals surface area contributed by atoms with E-state index < -0.39 is 0 Å². The fraction of sp³-hybridized carbons (Fsp3) is 0.286. The third-order valence-corrected chi connectivity index (χ3v) is 4.88. The average molecular weight is 475 g/mol. The van der Waals surface area contributed by atoms with E-state index in [4.69, 9.17) is 21.7 Å². The molecule has 29 heavy (non-hydrogen) atoms. The maximum atomic E-state index is 5.97. The molecule has 3 rings (SSSR count). The van der Waals surface area contributed by atoms with Gasteiger partial charge in [0.15, 0.2) is 17.3 Å². The Morgan fingerprint density at radius 1 is 1.14 bits per heavy atom. The van der Waals surface area contributed by atoms with E-state index >= 15 is 0 Å². The number of H-pyrrole nitrogens is 1. The Morgan fingerprint density at radius 3 is 2.66 bits per heavy atom. The summed E-state index contributed by atoms with van der Waals surface area (Å²) in [6.45, 7) is 5.04. The number of hydrogen-bond donors (Lipinski definition) is 1. The normalized spacial score (nSPS) is 11.1. The minimum atomic E-state index is 0.464. The molecule has 0 unspecified atom stereocenters. The van der Waals surface area contributed by atoms with Crippen molar-refractivity contribution < 1.29 is 9.47 Å². The van der Waals surface area contributed by atoms with E-state index in [1.165, 1.54) is 0 Å². The van der Waals surface area contributed by atoms with Crippen LogP contribution in [-0.4, -0.2) is 27.7 Å². The lowest BCUT2D eigenvalue weighted by Gasteiger charge is -2.12. The zero-order valence-electron chi connectivity index (χ0n) is 16.4. The summed E-state index contributed by atoms with van der Waals surface area (Å²) in [6.07, 6.45) is 3.51. The van der Waals surface area contributed by atoms with Gasteiger partial charge in [0.1, 0.15) is 6.61 Å². The predicted octanol–water partition coefficient (Wildman–Crippen LogP) is 5.52. The molecular weight excluding hydrogens is 452 g/mol. The maximum Gasteiger partial charge on any atom is 0.216 e. The summed E-state index contributed by atoms with van der Waals surface area (Å²) >= 11 is 8.70. The number of ether oxygens (including phenoxy) is 2. The van der Waals surface area contributed by atoms with Crippen molar-refractivity contribution in [2.75, 3.05) is 6.61 Å². The summed E-state index contributed by atoms with van der Waals surface area (Å²) in [6, 6.07) is 13.8. The highest BCUT2D eigenvalue weighted by Gasteiger charge is 2.08. The highest BCUT2D eigenvalue weighted by Crippen LogP contribution is 2.29. The van der Waals surface area contributed by atoms with Crippen LogP contribution in [0, 0.1) is 4.77 Å². The number of halogens is 1. The number of aryl methyl sites for hydroxylation is 1. The van der Waals surface area contributed by atoms with Gasteiger partial charge in [0.25, 0.3) is 0 Å². The Bertz CT molecular complexity index is 1030. The lowest BCUT2D eigenvalue weighted by atomic mass is 10.2. The number of rotatable bonds is 9. The van der Waals surface area contributed by atoms with Crippen molar-refractivity contribution >= 4 is 34.4 Å². The van der Waals surface area contributed by atoms with E-state index in [0.717, 1.165) is 34.3 Å². The van der Waals surface area contributed by atoms with Gasteiger partial charge in [-0.3, -0.25) is 5.10 Å². The Labute approximate surface area is 183 Å². The summed E-state index contributed by atoms with van der Waals surface area (Å²) in [5.74, 6) is 2.19. The maximum absolute atomic E-state index is 5.97. The van der Waals surface area contributed by atoms with Crippen LogP contribution in [0.4, 0.5) is 0 Å². The Kier molecular flexibility index (Phi) is 7.60. The van der Waals surface area contributed by atoms with Crippen LogP contribution in [0.25, 0.3) is 0 Å². The molecule has 0 spiro atoms. The van der Waals surface area contributed by atoms with Gasteiger partial charge in [-0.05, 0) is 67.0 Å². The molecular formula is C21H23BrN4O2S. The monoisotopic (exact) mass is 474 g/mol. The third kappa shape index (κ3) is 5.77. The molecule has 0 radical (unpaired) electrons. The third-order valence-electron chi connectivity index (χ3n) is 4.09. The van der Waals surface area contributed by atoms with Crippen LogP contribution >= 0.6 is 28.1 Å². The largest absolute Gasteiger partial charge is 0.490 e. The summed E-state index contributed by atoms with van der Waals surface area (Å²) in [5.41, 5.74) is 1.97. The van der Waals surface area contributed by atoms with Gasteiger partial charge in [0.05, 0.1) is 12.8 Å². The van der Waals surface area contributed by atoms with E-state index in [9.17, 15) is 0 Å². The van der Waals surface area contributed by atoms with Gasteiger partial charge in [-0.15, -0.1) is 0 Å². The van der Waals surface area contributed by atoms with E-state index in [2.05, 4.69) is 38.2 Å². The number of aromatic amines is 1. The molecule has 8 heteroatoms. The molecule has 3 aromatic rings. The molecule has 0 saturated carbocycles. The van der Waals surface area contributed by atoms with Gasteiger partial charge in [-0.1, -0.05) is 35.0 Å². The van der Waals surface area contributed by atoms with Crippen LogP contribution in [0.2, 0.25) is 0 Å². The molecule has 152 valence electrons. The van der Waals surface area contributed by atoms with E-state index in [1.807, 2.05) is 49.4 Å². The number of nitrogens with zero attached hydrogens (tertiary/aromatic N) is 3. The van der Waals surface area contributed by atoms with Crippen LogP contribution in [0.3, 0.4) is 0 Å². The minimum Gasteiger partial charge on any atom is -0.490 e. The minimum absolute atomic E-state index is 0.464. The predicted molar refractivity (Wildman–Crippen MR) is 120 cm³/mol. The number of hydrogen-bond acceptors (Lipinski definition) is 5. The molecule has 1 aromatic heterocycles. The van der Waals surface area contributed by atoms with E-state index in [0.29, 0.717) is 29.5 Å². The quantitative estimate of drug-likeness (QED) is 0.327. The topological polar surface area (TPSA) is 64.4 Å². The molecule has 0 fully saturated rings. The fourth-order valence-corrected chi connectivity index (χ4v) is 3.15. The lowest BCUT2D eigenvalue weighted by Crippen LogP contribution is -2.01. The van der Waals surface area contributed by atoms with Crippen LogP contribution in [-0.2, 0) is 13.0 Å². The van der Waals surface area contributed by atoms with Crippen LogP contribution in [0.1, 0.15) is 37.2 Å². The number of aromatic nitrogens is 3. The summed E-state index contributed by atoms with van der Waals surface area (Å²) < 4.78 is 14.9. The zero-order chi connectivity index (χ0) is 20.6. The van der Waals surface area contributed by atoms with Crippen molar-refractivity contribution in [3.05, 3.63) is 68.7 Å². The standard InChI is InChI=1S/C21H23BrN4O2S/c1-3-5-20-24-25-21(29)26(20)23-13-16-8-11-18(19(12-16)27-4-2)28-14-15-6-9-17(22)10-7-15/h6-13H,3-5,14H2,1-2H3,(H,25,29). The highest BCUT2D eigenvalue weighted by atomic mass is 79.9. The van der Waals surface area contributed by atoms with Crippen molar-refractivity contribution in [3.8, 4) is 11.5 Å². The van der Waals surface area contributed by atoms with Crippen LogP contribution < -0.4 is 9.47 Å². The summed E-state index contributed by atoms with van der Waals surface area (Å²) in [7, 11) is 0. The first-order valence-electron chi connectivity index (χ1n) is 9.45. The second-order valence-electron chi connectivity index (χ2n) is 6.31. The van der Waals surface area contributed by atoms with Crippen molar-refractivity contribution in [1.82, 2.24) is 14.9 Å². The van der Waals surface area contributed by atoms with Crippen molar-refractivity contribution in [1.29, 1.82) is 0 Å². The van der Waals surface area contributed by atoms with Crippen LogP contribution in [0.15, 0.2) is 52.0 Å². The second kappa shape index (κ2) is 10.4. The highest BCUT2D eigenvalue weighted by molar-refractivity contribution is 9.10. The van der Waals surface area contributed by atoms with Gasteiger partial charge in [-0.2, -0.15) is 14.9 Å². The number of benzene rings is 2. The molecule has 0 aliphatic heterocycles. The first kappa shape index (κ1) is 21.3. The van der Waals surface area contributed by atoms with E-state index in [1.54, 1.807) is 10.9 Å². The smallest absolute Gasteiger partial charge is 0.216 e. The fourth-order valence-electron chi connectivity index (χ4n) is 2.69. The summed E-state index contributed by atoms with van der Waals surface area (Å²) in [4.78, 5) is 0. The SMILES string of the molecule is CCCc1n[nH]c(=S)n1N=Cc1ccc(OCc2ccc(Br)cc2)c(OCC)c1. The molecule has 1 N–H and O–H groups in total. The molecule has 0 bridgehead atoms. The van der Waals surface area contributed by atoms with Crippen molar-refractivity contribution in [2.24, 2.45) is 5.10 Å².